The van der Waals surface area contributed by atoms with Gasteiger partial charge in [0.2, 0.25) is 0 Å². The van der Waals surface area contributed by atoms with Gasteiger partial charge in [-0.15, -0.1) is 0 Å². The van der Waals surface area contributed by atoms with Gasteiger partial charge in [-0.1, -0.05) is 12.1 Å². The first kappa shape index (κ1) is 16.6. The van der Waals surface area contributed by atoms with Gasteiger partial charge in [-0.05, 0) is 31.2 Å². The lowest BCUT2D eigenvalue weighted by atomic mass is 10.1. The van der Waals surface area contributed by atoms with Crippen LogP contribution in [0.1, 0.15) is 22.8 Å². The molecule has 2 aromatic carbocycles. The maximum Gasteiger partial charge on any atom is 0.342 e. The molecule has 0 atom stereocenters. The van der Waals surface area contributed by atoms with Crippen LogP contribution in [0.2, 0.25) is 0 Å². The highest BCUT2D eigenvalue weighted by Crippen LogP contribution is 2.23. The second-order valence-corrected chi connectivity index (χ2v) is 5.28. The van der Waals surface area contributed by atoms with Gasteiger partial charge in [-0.3, -0.25) is 0 Å². The fraction of sp³-hybridized carbons (Fsp3) is 0.158. The summed E-state index contributed by atoms with van der Waals surface area (Å²) in [5.74, 6) is -0.128. The van der Waals surface area contributed by atoms with Crippen LogP contribution in [0, 0.1) is 0 Å². The Morgan fingerprint density at radius 2 is 1.96 bits per heavy atom. The summed E-state index contributed by atoms with van der Waals surface area (Å²) in [6.07, 6.45) is 0. The minimum absolute atomic E-state index is 0.0181. The molecule has 0 spiro atoms. The molecule has 1 aromatic heterocycles. The number of hydrogen-bond donors (Lipinski definition) is 1. The molecular weight excluding hydrogens is 324 g/mol. The van der Waals surface area contributed by atoms with Crippen molar-refractivity contribution in [1.29, 1.82) is 0 Å². The molecule has 0 fully saturated rings. The number of rotatable bonds is 5. The molecular formula is C19H16O6. The van der Waals surface area contributed by atoms with E-state index in [2.05, 4.69) is 0 Å². The zero-order valence-corrected chi connectivity index (χ0v) is 13.5. The Morgan fingerprint density at radius 1 is 1.16 bits per heavy atom. The molecule has 0 unspecified atom stereocenters. The Kier molecular flexibility index (Phi) is 4.70. The maximum absolute atomic E-state index is 12.3. The van der Waals surface area contributed by atoms with Gasteiger partial charge < -0.3 is 19.0 Å². The fourth-order valence-corrected chi connectivity index (χ4v) is 2.48. The second-order valence-electron chi connectivity index (χ2n) is 5.28. The number of phenolic OH excluding ortho intramolecular Hbond substituents is 1. The number of fused-ring (bicyclic) bond motifs is 1. The smallest absolute Gasteiger partial charge is 0.342 e. The van der Waals surface area contributed by atoms with Crippen molar-refractivity contribution in [3.63, 3.8) is 0 Å². The largest absolute Gasteiger partial charge is 0.508 e. The Balaban J connectivity index is 1.86. The van der Waals surface area contributed by atoms with Crippen LogP contribution in [0.15, 0.2) is 57.7 Å². The average molecular weight is 340 g/mol. The molecule has 0 saturated heterocycles. The Hall–Kier alpha value is -3.28. The van der Waals surface area contributed by atoms with Crippen LogP contribution in [-0.2, 0) is 11.3 Å². The summed E-state index contributed by atoms with van der Waals surface area (Å²) < 4.78 is 15.8. The molecule has 128 valence electrons. The van der Waals surface area contributed by atoms with Crippen LogP contribution in [0.25, 0.3) is 11.0 Å². The first-order valence-electron chi connectivity index (χ1n) is 7.73. The van der Waals surface area contributed by atoms with Gasteiger partial charge in [-0.25, -0.2) is 9.59 Å². The van der Waals surface area contributed by atoms with E-state index in [1.165, 1.54) is 18.2 Å². The minimum Gasteiger partial charge on any atom is -0.508 e. The highest BCUT2D eigenvalue weighted by atomic mass is 16.5. The topological polar surface area (TPSA) is 86.0 Å². The summed E-state index contributed by atoms with van der Waals surface area (Å²) in [6.45, 7) is 2.15. The zero-order valence-electron chi connectivity index (χ0n) is 13.5. The van der Waals surface area contributed by atoms with E-state index >= 15 is 0 Å². The molecule has 3 rings (SSSR count). The van der Waals surface area contributed by atoms with Crippen LogP contribution in [-0.4, -0.2) is 17.7 Å². The molecule has 0 saturated carbocycles. The summed E-state index contributed by atoms with van der Waals surface area (Å²) in [5.41, 5.74) is 0.454. The third kappa shape index (κ3) is 3.63. The van der Waals surface area contributed by atoms with Gasteiger partial charge in [0.25, 0.3) is 0 Å². The predicted octanol–water partition coefficient (Wildman–Crippen LogP) is 3.25. The molecule has 6 heteroatoms. The van der Waals surface area contributed by atoms with Crippen LogP contribution in [0.4, 0.5) is 0 Å². The molecule has 25 heavy (non-hydrogen) atoms. The van der Waals surface area contributed by atoms with Crippen molar-refractivity contribution in [2.75, 3.05) is 6.61 Å². The highest BCUT2D eigenvalue weighted by molar-refractivity contribution is 5.92. The van der Waals surface area contributed by atoms with Crippen molar-refractivity contribution in [3.05, 3.63) is 70.1 Å². The van der Waals surface area contributed by atoms with E-state index in [1.807, 2.05) is 6.92 Å². The van der Waals surface area contributed by atoms with Crippen molar-refractivity contribution in [1.82, 2.24) is 0 Å². The van der Waals surface area contributed by atoms with Gasteiger partial charge in [0.1, 0.15) is 29.3 Å². The number of hydrogen-bond acceptors (Lipinski definition) is 6. The van der Waals surface area contributed by atoms with Crippen molar-refractivity contribution in [3.8, 4) is 11.5 Å². The van der Waals surface area contributed by atoms with Crippen molar-refractivity contribution in [2.24, 2.45) is 0 Å². The van der Waals surface area contributed by atoms with Crippen LogP contribution < -0.4 is 10.4 Å². The molecule has 1 N–H and O–H groups in total. The summed E-state index contributed by atoms with van der Waals surface area (Å²) in [6, 6.07) is 12.5. The van der Waals surface area contributed by atoms with Crippen LogP contribution in [0.3, 0.4) is 0 Å². The SMILES string of the molecule is CCOc1ccccc1C(=O)OCc1cc(=O)oc2cc(O)ccc12. The third-order valence-corrected chi connectivity index (χ3v) is 3.58. The number of benzene rings is 2. The number of carbonyl (C=O) groups excluding carboxylic acids is 1. The standard InChI is InChI=1S/C19H16O6/c1-2-23-16-6-4-3-5-15(16)19(22)24-11-12-9-18(21)25-17-10-13(20)7-8-14(12)17/h3-10,20H,2,11H2,1H3. The predicted molar refractivity (Wildman–Crippen MR) is 90.9 cm³/mol. The third-order valence-electron chi connectivity index (χ3n) is 3.58. The van der Waals surface area contributed by atoms with Gasteiger partial charge in [0, 0.05) is 23.1 Å². The zero-order chi connectivity index (χ0) is 17.8. The number of ether oxygens (including phenoxy) is 2. The molecule has 6 nitrogen and oxygen atoms in total. The van der Waals surface area contributed by atoms with E-state index in [0.29, 0.717) is 28.9 Å². The first-order chi connectivity index (χ1) is 12.1. The molecule has 0 aliphatic rings. The Bertz CT molecular complexity index is 973. The highest BCUT2D eigenvalue weighted by Gasteiger charge is 2.15. The summed E-state index contributed by atoms with van der Waals surface area (Å²) in [7, 11) is 0. The Labute approximate surface area is 143 Å². The van der Waals surface area contributed by atoms with Crippen molar-refractivity contribution < 1.29 is 23.8 Å². The monoisotopic (exact) mass is 340 g/mol. The van der Waals surface area contributed by atoms with Gasteiger partial charge in [0.15, 0.2) is 0 Å². The van der Waals surface area contributed by atoms with Crippen LogP contribution >= 0.6 is 0 Å². The van der Waals surface area contributed by atoms with Gasteiger partial charge in [0.05, 0.1) is 6.61 Å². The number of esters is 1. The molecule has 0 amide bonds. The average Bonchev–Trinajstić information content (AvgIpc) is 2.59. The van der Waals surface area contributed by atoms with Gasteiger partial charge in [-0.2, -0.15) is 0 Å². The second kappa shape index (κ2) is 7.09. The molecule has 0 bridgehead atoms. The van der Waals surface area contributed by atoms with Gasteiger partial charge >= 0.3 is 11.6 Å². The van der Waals surface area contributed by atoms with E-state index in [-0.39, 0.29) is 17.9 Å². The first-order valence-corrected chi connectivity index (χ1v) is 7.73. The quantitative estimate of drug-likeness (QED) is 0.567. The lowest BCUT2D eigenvalue weighted by Crippen LogP contribution is -2.09. The summed E-state index contributed by atoms with van der Waals surface area (Å²) in [4.78, 5) is 24.0. The van der Waals surface area contributed by atoms with E-state index in [1.54, 1.807) is 30.3 Å². The lowest BCUT2D eigenvalue weighted by Gasteiger charge is -2.10. The molecule has 3 aromatic rings. The normalized spacial score (nSPS) is 10.6. The van der Waals surface area contributed by atoms with E-state index in [9.17, 15) is 14.7 Å². The summed E-state index contributed by atoms with van der Waals surface area (Å²) in [5, 5.41) is 10.1. The fourth-order valence-electron chi connectivity index (χ4n) is 2.48. The Morgan fingerprint density at radius 3 is 2.76 bits per heavy atom. The molecule has 0 aliphatic carbocycles. The summed E-state index contributed by atoms with van der Waals surface area (Å²) >= 11 is 0. The van der Waals surface area contributed by atoms with Crippen molar-refractivity contribution >= 4 is 16.9 Å². The van der Waals surface area contributed by atoms with Crippen LogP contribution in [0.5, 0.6) is 11.5 Å². The van der Waals surface area contributed by atoms with Crippen molar-refractivity contribution in [2.45, 2.75) is 13.5 Å². The number of para-hydroxylation sites is 1. The molecule has 0 aliphatic heterocycles. The maximum atomic E-state index is 12.3. The minimum atomic E-state index is -0.584. The lowest BCUT2D eigenvalue weighted by molar-refractivity contribution is 0.0469. The van der Waals surface area contributed by atoms with E-state index in [0.717, 1.165) is 0 Å². The molecule has 1 heterocycles. The molecule has 0 radical (unpaired) electrons. The number of carbonyl (C=O) groups is 1. The number of phenols is 1. The number of aromatic hydroxyl groups is 1. The van der Waals surface area contributed by atoms with E-state index < -0.39 is 11.6 Å². The van der Waals surface area contributed by atoms with E-state index in [4.69, 9.17) is 13.9 Å².